The molecule has 0 fully saturated rings. The van der Waals surface area contributed by atoms with E-state index in [2.05, 4.69) is 10.1 Å². The molecule has 0 saturated heterocycles. The molecular weight excluding hydrogens is 367 g/mol. The Hall–Kier alpha value is -3.48. The molecule has 2 aromatic carbocycles. The van der Waals surface area contributed by atoms with E-state index in [4.69, 9.17) is 0 Å². The third-order valence-electron chi connectivity index (χ3n) is 4.40. The van der Waals surface area contributed by atoms with Gasteiger partial charge in [-0.25, -0.2) is 0 Å². The molecule has 0 aliphatic carbocycles. The molecule has 4 aromatic rings. The van der Waals surface area contributed by atoms with Crippen LogP contribution < -0.4 is 5.56 Å². The van der Waals surface area contributed by atoms with E-state index in [-0.39, 0.29) is 27.7 Å². The third kappa shape index (κ3) is 3.15. The van der Waals surface area contributed by atoms with Crippen molar-refractivity contribution in [3.63, 3.8) is 0 Å². The zero-order valence-corrected chi connectivity index (χ0v) is 14.7. The van der Waals surface area contributed by atoms with Crippen molar-refractivity contribution in [1.29, 1.82) is 0 Å². The molecule has 0 amide bonds. The molecule has 4 rings (SSSR count). The minimum absolute atomic E-state index is 0.210. The van der Waals surface area contributed by atoms with Crippen molar-refractivity contribution in [3.8, 4) is 16.9 Å². The van der Waals surface area contributed by atoms with Crippen LogP contribution >= 0.6 is 0 Å². The number of fused-ring (bicyclic) bond motifs is 1. The number of hydrogen-bond donors (Lipinski definition) is 0. The second-order valence-corrected chi connectivity index (χ2v) is 6.38. The van der Waals surface area contributed by atoms with Gasteiger partial charge in [-0.15, -0.1) is 0 Å². The lowest BCUT2D eigenvalue weighted by molar-refractivity contribution is -0.137. The molecule has 28 heavy (non-hydrogen) atoms. The number of halogens is 3. The van der Waals surface area contributed by atoms with Crippen LogP contribution in [0.5, 0.6) is 0 Å². The fourth-order valence-corrected chi connectivity index (χ4v) is 2.97. The summed E-state index contributed by atoms with van der Waals surface area (Å²) in [5.41, 5.74) is 1.06. The Labute approximate surface area is 157 Å². The van der Waals surface area contributed by atoms with E-state index in [1.807, 2.05) is 19.1 Å². The van der Waals surface area contributed by atoms with E-state index in [1.165, 1.54) is 23.0 Å². The summed E-state index contributed by atoms with van der Waals surface area (Å²) < 4.78 is 40.7. The summed E-state index contributed by atoms with van der Waals surface area (Å²) in [6.07, 6.45) is -3.00. The van der Waals surface area contributed by atoms with E-state index in [1.54, 1.807) is 24.3 Å². The van der Waals surface area contributed by atoms with Crippen molar-refractivity contribution in [3.05, 3.63) is 88.3 Å². The second-order valence-electron chi connectivity index (χ2n) is 6.38. The van der Waals surface area contributed by atoms with Gasteiger partial charge < -0.3 is 0 Å². The molecule has 0 unspecified atom stereocenters. The van der Waals surface area contributed by atoms with Gasteiger partial charge in [-0.1, -0.05) is 29.8 Å². The second kappa shape index (κ2) is 6.60. The minimum atomic E-state index is -4.48. The summed E-state index contributed by atoms with van der Waals surface area (Å²) in [5.74, 6) is 0. The van der Waals surface area contributed by atoms with E-state index in [0.29, 0.717) is 5.69 Å². The van der Waals surface area contributed by atoms with Crippen LogP contribution in [-0.4, -0.2) is 14.8 Å². The van der Waals surface area contributed by atoms with Crippen molar-refractivity contribution in [2.75, 3.05) is 0 Å². The maximum absolute atomic E-state index is 13.2. The van der Waals surface area contributed by atoms with Crippen molar-refractivity contribution >= 4 is 10.9 Å². The Kier molecular flexibility index (Phi) is 4.22. The summed E-state index contributed by atoms with van der Waals surface area (Å²) >= 11 is 0. The Balaban J connectivity index is 2.02. The fourth-order valence-electron chi connectivity index (χ4n) is 2.97. The maximum Gasteiger partial charge on any atom is 0.416 e. The summed E-state index contributed by atoms with van der Waals surface area (Å²) in [5, 5.41) is 4.65. The van der Waals surface area contributed by atoms with Gasteiger partial charge in [-0.05, 0) is 43.3 Å². The Morgan fingerprint density at radius 3 is 2.43 bits per heavy atom. The summed E-state index contributed by atoms with van der Waals surface area (Å²) in [7, 11) is 0. The maximum atomic E-state index is 13.2. The SMILES string of the molecule is Cc1ccc(-n2nc(-c3cccc(C(F)(F)F)c3)c3ncccc3c2=O)cc1. The van der Waals surface area contributed by atoms with Crippen molar-refractivity contribution in [2.24, 2.45) is 0 Å². The van der Waals surface area contributed by atoms with Gasteiger partial charge in [0, 0.05) is 11.8 Å². The molecule has 0 aliphatic rings. The van der Waals surface area contributed by atoms with Crippen LogP contribution in [0.25, 0.3) is 27.8 Å². The first-order valence-electron chi connectivity index (χ1n) is 8.47. The topological polar surface area (TPSA) is 47.8 Å². The van der Waals surface area contributed by atoms with Crippen LogP contribution in [-0.2, 0) is 6.18 Å². The zero-order valence-electron chi connectivity index (χ0n) is 14.7. The predicted molar refractivity (Wildman–Crippen MR) is 100 cm³/mol. The smallest absolute Gasteiger partial charge is 0.267 e. The van der Waals surface area contributed by atoms with Crippen LogP contribution in [0.1, 0.15) is 11.1 Å². The molecule has 0 atom stereocenters. The Morgan fingerprint density at radius 2 is 1.71 bits per heavy atom. The minimum Gasteiger partial charge on any atom is -0.267 e. The van der Waals surface area contributed by atoms with Gasteiger partial charge in [0.25, 0.3) is 5.56 Å². The fraction of sp³-hybridized carbons (Fsp3) is 0.0952. The van der Waals surface area contributed by atoms with Gasteiger partial charge in [-0.2, -0.15) is 23.0 Å². The molecule has 2 aromatic heterocycles. The molecule has 140 valence electrons. The van der Waals surface area contributed by atoms with Crippen molar-refractivity contribution in [1.82, 2.24) is 14.8 Å². The number of rotatable bonds is 2. The molecule has 0 bridgehead atoms. The third-order valence-corrected chi connectivity index (χ3v) is 4.40. The number of aryl methyl sites for hydroxylation is 1. The lowest BCUT2D eigenvalue weighted by Gasteiger charge is -2.12. The number of aromatic nitrogens is 3. The lowest BCUT2D eigenvalue weighted by Crippen LogP contribution is -2.22. The summed E-state index contributed by atoms with van der Waals surface area (Å²) in [6, 6.07) is 15.2. The van der Waals surface area contributed by atoms with Gasteiger partial charge in [0.05, 0.1) is 16.6 Å². The van der Waals surface area contributed by atoms with E-state index in [9.17, 15) is 18.0 Å². The average Bonchev–Trinajstić information content (AvgIpc) is 2.69. The van der Waals surface area contributed by atoms with Crippen LogP contribution in [0.15, 0.2) is 71.7 Å². The standard InChI is InChI=1S/C21H14F3N3O/c1-13-7-9-16(10-8-13)27-20(28)17-6-3-11-25-19(17)18(26-27)14-4-2-5-15(12-14)21(22,23)24/h2-12H,1H3. The molecule has 4 nitrogen and oxygen atoms in total. The highest BCUT2D eigenvalue weighted by Gasteiger charge is 2.30. The lowest BCUT2D eigenvalue weighted by atomic mass is 10.1. The molecule has 0 aliphatic heterocycles. The summed E-state index contributed by atoms with van der Waals surface area (Å²) in [4.78, 5) is 17.1. The highest BCUT2D eigenvalue weighted by atomic mass is 19.4. The first kappa shape index (κ1) is 17.9. The van der Waals surface area contributed by atoms with Crippen LogP contribution in [0, 0.1) is 6.92 Å². The van der Waals surface area contributed by atoms with Crippen LogP contribution in [0.2, 0.25) is 0 Å². The van der Waals surface area contributed by atoms with E-state index in [0.717, 1.165) is 17.7 Å². The summed E-state index contributed by atoms with van der Waals surface area (Å²) in [6.45, 7) is 1.92. The predicted octanol–water partition coefficient (Wildman–Crippen LogP) is 4.77. The number of hydrogen-bond acceptors (Lipinski definition) is 3. The average molecular weight is 381 g/mol. The van der Waals surface area contributed by atoms with Crippen molar-refractivity contribution < 1.29 is 13.2 Å². The van der Waals surface area contributed by atoms with Gasteiger partial charge in [0.1, 0.15) is 11.2 Å². The first-order chi connectivity index (χ1) is 13.3. The molecule has 0 saturated carbocycles. The van der Waals surface area contributed by atoms with Gasteiger partial charge in [-0.3, -0.25) is 9.78 Å². The molecule has 0 spiro atoms. The highest BCUT2D eigenvalue weighted by molar-refractivity contribution is 5.90. The molecular formula is C21H14F3N3O. The zero-order chi connectivity index (χ0) is 19.9. The Bertz CT molecular complexity index is 1230. The number of pyridine rings is 1. The molecule has 0 N–H and O–H groups in total. The quantitative estimate of drug-likeness (QED) is 0.502. The number of benzene rings is 2. The van der Waals surface area contributed by atoms with Crippen LogP contribution in [0.3, 0.4) is 0 Å². The van der Waals surface area contributed by atoms with Crippen molar-refractivity contribution in [2.45, 2.75) is 13.1 Å². The van der Waals surface area contributed by atoms with Gasteiger partial charge in [0.2, 0.25) is 0 Å². The number of alkyl halides is 3. The molecule has 2 heterocycles. The number of nitrogens with zero attached hydrogens (tertiary/aromatic N) is 3. The molecule has 0 radical (unpaired) electrons. The largest absolute Gasteiger partial charge is 0.416 e. The van der Waals surface area contributed by atoms with E-state index < -0.39 is 11.7 Å². The normalized spacial score (nSPS) is 11.7. The highest BCUT2D eigenvalue weighted by Crippen LogP contribution is 2.33. The van der Waals surface area contributed by atoms with Crippen LogP contribution in [0.4, 0.5) is 13.2 Å². The molecule has 7 heteroatoms. The van der Waals surface area contributed by atoms with Gasteiger partial charge in [0.15, 0.2) is 0 Å². The van der Waals surface area contributed by atoms with E-state index >= 15 is 0 Å². The monoisotopic (exact) mass is 381 g/mol. The Morgan fingerprint density at radius 1 is 0.964 bits per heavy atom. The first-order valence-corrected chi connectivity index (χ1v) is 8.47. The van der Waals surface area contributed by atoms with Gasteiger partial charge >= 0.3 is 6.18 Å².